The Morgan fingerprint density at radius 2 is 1.56 bits per heavy atom. The van der Waals surface area contributed by atoms with Crippen LogP contribution in [0.1, 0.15) is 88.2 Å². The van der Waals surface area contributed by atoms with Gasteiger partial charge in [0, 0.05) is 18.5 Å². The van der Waals surface area contributed by atoms with E-state index >= 15 is 0 Å². The molecule has 0 spiro atoms. The molecule has 0 atom stereocenters. The second-order valence-electron chi connectivity index (χ2n) is 8.61. The van der Waals surface area contributed by atoms with E-state index in [1.165, 1.54) is 75.3 Å². The molecule has 150 valence electrons. The monoisotopic (exact) mass is 371 g/mol. The lowest BCUT2D eigenvalue weighted by molar-refractivity contribution is -0.138. The highest BCUT2D eigenvalue weighted by atomic mass is 16.5. The minimum Gasteiger partial charge on any atom is -0.493 e. The molecule has 27 heavy (non-hydrogen) atoms. The Hall–Kier alpha value is -1.51. The third-order valence-electron chi connectivity index (χ3n) is 6.35. The van der Waals surface area contributed by atoms with E-state index in [-0.39, 0.29) is 0 Å². The number of hydrogen-bond acceptors (Lipinski definition) is 2. The number of benzene rings is 1. The van der Waals surface area contributed by atoms with Gasteiger partial charge in [-0.05, 0) is 57.6 Å². The molecular weight excluding hydrogens is 334 g/mol. The summed E-state index contributed by atoms with van der Waals surface area (Å²) in [6.45, 7) is 4.81. The minimum absolute atomic E-state index is 0.373. The molecule has 2 aliphatic rings. The number of amides is 1. The van der Waals surface area contributed by atoms with E-state index in [1.54, 1.807) is 0 Å². The van der Waals surface area contributed by atoms with Gasteiger partial charge in [0.2, 0.25) is 5.91 Å². The van der Waals surface area contributed by atoms with Crippen LogP contribution in [0.4, 0.5) is 0 Å². The first-order valence-electron chi connectivity index (χ1n) is 11.2. The molecule has 1 aromatic rings. The molecule has 2 fully saturated rings. The third kappa shape index (κ3) is 5.73. The van der Waals surface area contributed by atoms with Crippen molar-refractivity contribution in [2.45, 2.75) is 103 Å². The van der Waals surface area contributed by atoms with Gasteiger partial charge in [0.05, 0.1) is 6.61 Å². The van der Waals surface area contributed by atoms with Crippen molar-refractivity contribution in [2.24, 2.45) is 0 Å². The number of aryl methyl sites for hydroxylation is 2. The summed E-state index contributed by atoms with van der Waals surface area (Å²) < 4.78 is 5.94. The highest BCUT2D eigenvalue weighted by molar-refractivity contribution is 5.77. The maximum Gasteiger partial charge on any atom is 0.223 e. The summed E-state index contributed by atoms with van der Waals surface area (Å²) in [4.78, 5) is 15.5. The SMILES string of the molecule is Cc1ccc(OCCCC(=O)N(C2CCCCC2)C2CCCCC2)c(C)c1. The molecule has 1 aromatic carbocycles. The summed E-state index contributed by atoms with van der Waals surface area (Å²) in [6, 6.07) is 7.27. The van der Waals surface area contributed by atoms with Crippen LogP contribution in [0, 0.1) is 13.8 Å². The zero-order valence-corrected chi connectivity index (χ0v) is 17.3. The largest absolute Gasteiger partial charge is 0.493 e. The molecular formula is C24H37NO2. The van der Waals surface area contributed by atoms with E-state index in [4.69, 9.17) is 4.74 Å². The van der Waals surface area contributed by atoms with Crippen molar-refractivity contribution in [3.8, 4) is 5.75 Å². The number of nitrogens with zero attached hydrogens (tertiary/aromatic N) is 1. The van der Waals surface area contributed by atoms with Gasteiger partial charge in [-0.2, -0.15) is 0 Å². The molecule has 3 rings (SSSR count). The number of carbonyl (C=O) groups is 1. The van der Waals surface area contributed by atoms with E-state index in [0.717, 1.165) is 12.2 Å². The van der Waals surface area contributed by atoms with Crippen LogP contribution in [0.2, 0.25) is 0 Å². The molecule has 0 aromatic heterocycles. The summed E-state index contributed by atoms with van der Waals surface area (Å²) in [7, 11) is 0. The molecule has 0 aliphatic heterocycles. The van der Waals surface area contributed by atoms with Crippen LogP contribution in [0.15, 0.2) is 18.2 Å². The number of rotatable bonds is 7. The molecule has 0 saturated heterocycles. The Bertz CT molecular complexity index is 582. The van der Waals surface area contributed by atoms with Gasteiger partial charge in [-0.15, -0.1) is 0 Å². The van der Waals surface area contributed by atoms with Gasteiger partial charge in [0.25, 0.3) is 0 Å². The van der Waals surface area contributed by atoms with Crippen molar-refractivity contribution in [1.82, 2.24) is 4.90 Å². The number of hydrogen-bond donors (Lipinski definition) is 0. The lowest BCUT2D eigenvalue weighted by atomic mass is 9.88. The van der Waals surface area contributed by atoms with Gasteiger partial charge in [0.1, 0.15) is 5.75 Å². The predicted molar refractivity (Wildman–Crippen MR) is 111 cm³/mol. The standard InChI is InChI=1S/C24H37NO2/c1-19-15-16-23(20(2)18-19)27-17-9-14-24(26)25(21-10-5-3-6-11-21)22-12-7-4-8-13-22/h15-16,18,21-22H,3-14,17H2,1-2H3. The Kier molecular flexibility index (Phi) is 7.60. The lowest BCUT2D eigenvalue weighted by Gasteiger charge is -2.42. The van der Waals surface area contributed by atoms with Crippen LogP contribution in [-0.4, -0.2) is 29.5 Å². The molecule has 3 nitrogen and oxygen atoms in total. The van der Waals surface area contributed by atoms with Crippen LogP contribution in [-0.2, 0) is 4.79 Å². The molecule has 2 aliphatic carbocycles. The first-order chi connectivity index (χ1) is 13.1. The maximum absolute atomic E-state index is 13.1. The number of carbonyl (C=O) groups excluding carboxylic acids is 1. The zero-order chi connectivity index (χ0) is 19.1. The quantitative estimate of drug-likeness (QED) is 0.554. The first-order valence-corrected chi connectivity index (χ1v) is 11.2. The Labute approximate surface area is 165 Å². The Balaban J connectivity index is 1.52. The summed E-state index contributed by atoms with van der Waals surface area (Å²) >= 11 is 0. The van der Waals surface area contributed by atoms with Crippen LogP contribution >= 0.6 is 0 Å². The number of ether oxygens (including phenoxy) is 1. The van der Waals surface area contributed by atoms with E-state index in [0.29, 0.717) is 31.0 Å². The molecule has 0 bridgehead atoms. The van der Waals surface area contributed by atoms with Gasteiger partial charge < -0.3 is 9.64 Å². The lowest BCUT2D eigenvalue weighted by Crippen LogP contribution is -2.48. The molecule has 0 N–H and O–H groups in total. The fourth-order valence-corrected chi connectivity index (χ4v) is 4.92. The average molecular weight is 372 g/mol. The van der Waals surface area contributed by atoms with Crippen molar-refractivity contribution in [1.29, 1.82) is 0 Å². The van der Waals surface area contributed by atoms with Gasteiger partial charge in [-0.3, -0.25) is 4.79 Å². The molecule has 3 heteroatoms. The van der Waals surface area contributed by atoms with Crippen molar-refractivity contribution in [3.05, 3.63) is 29.3 Å². The molecule has 0 heterocycles. The van der Waals surface area contributed by atoms with Crippen molar-refractivity contribution in [2.75, 3.05) is 6.61 Å². The van der Waals surface area contributed by atoms with Crippen molar-refractivity contribution in [3.63, 3.8) is 0 Å². The van der Waals surface area contributed by atoms with E-state index < -0.39 is 0 Å². The van der Waals surface area contributed by atoms with E-state index in [2.05, 4.69) is 30.9 Å². The minimum atomic E-state index is 0.373. The second-order valence-corrected chi connectivity index (χ2v) is 8.61. The zero-order valence-electron chi connectivity index (χ0n) is 17.3. The van der Waals surface area contributed by atoms with Gasteiger partial charge >= 0.3 is 0 Å². The predicted octanol–water partition coefficient (Wildman–Crippen LogP) is 5.96. The van der Waals surface area contributed by atoms with Crippen molar-refractivity contribution >= 4 is 5.91 Å². The highest BCUT2D eigenvalue weighted by Gasteiger charge is 2.31. The summed E-state index contributed by atoms with van der Waals surface area (Å²) in [6.07, 6.45) is 14.1. The van der Waals surface area contributed by atoms with Crippen LogP contribution < -0.4 is 4.74 Å². The first kappa shape index (κ1) is 20.2. The van der Waals surface area contributed by atoms with E-state index in [1.807, 2.05) is 6.07 Å². The summed E-state index contributed by atoms with van der Waals surface area (Å²) in [5.41, 5.74) is 2.43. The molecule has 2 saturated carbocycles. The topological polar surface area (TPSA) is 29.5 Å². The highest BCUT2D eigenvalue weighted by Crippen LogP contribution is 2.31. The van der Waals surface area contributed by atoms with Crippen LogP contribution in [0.3, 0.4) is 0 Å². The fourth-order valence-electron chi connectivity index (χ4n) is 4.92. The van der Waals surface area contributed by atoms with Crippen molar-refractivity contribution < 1.29 is 9.53 Å². The normalized spacial score (nSPS) is 19.0. The van der Waals surface area contributed by atoms with Gasteiger partial charge in [-0.25, -0.2) is 0 Å². The van der Waals surface area contributed by atoms with E-state index in [9.17, 15) is 4.79 Å². The summed E-state index contributed by atoms with van der Waals surface area (Å²) in [5, 5.41) is 0. The maximum atomic E-state index is 13.1. The molecule has 0 unspecified atom stereocenters. The summed E-state index contributed by atoms with van der Waals surface area (Å²) in [5.74, 6) is 1.32. The van der Waals surface area contributed by atoms with Gasteiger partial charge in [-0.1, -0.05) is 56.2 Å². The molecule has 1 amide bonds. The Morgan fingerprint density at radius 3 is 2.11 bits per heavy atom. The second kappa shape index (κ2) is 10.1. The molecule has 0 radical (unpaired) electrons. The Morgan fingerprint density at radius 1 is 0.963 bits per heavy atom. The van der Waals surface area contributed by atoms with Gasteiger partial charge in [0.15, 0.2) is 0 Å². The average Bonchev–Trinajstić information content (AvgIpc) is 2.68. The smallest absolute Gasteiger partial charge is 0.223 e. The third-order valence-corrected chi connectivity index (χ3v) is 6.35. The van der Waals surface area contributed by atoms with Crippen LogP contribution in [0.5, 0.6) is 5.75 Å². The van der Waals surface area contributed by atoms with Crippen LogP contribution in [0.25, 0.3) is 0 Å². The fraction of sp³-hybridized carbons (Fsp3) is 0.708.